The molecule has 1 N–H and O–H groups in total. The van der Waals surface area contributed by atoms with Gasteiger partial charge in [-0.2, -0.15) is 11.8 Å². The lowest BCUT2D eigenvalue weighted by Crippen LogP contribution is -2.34. The van der Waals surface area contributed by atoms with Gasteiger partial charge < -0.3 is 4.90 Å². The van der Waals surface area contributed by atoms with Crippen LogP contribution in [-0.4, -0.2) is 34.4 Å². The minimum Gasteiger partial charge on any atom is -0.321 e. The molecule has 1 aromatic rings. The van der Waals surface area contributed by atoms with Crippen LogP contribution in [0.25, 0.3) is 0 Å². The molecule has 5 heteroatoms. The number of benzene rings is 1. The summed E-state index contributed by atoms with van der Waals surface area (Å²) in [6, 6.07) is 6.74. The van der Waals surface area contributed by atoms with Crippen molar-refractivity contribution in [3.05, 3.63) is 35.6 Å². The maximum absolute atomic E-state index is 14.1. The molecule has 2 atom stereocenters. The Kier molecular flexibility index (Phi) is 3.97. The summed E-state index contributed by atoms with van der Waals surface area (Å²) in [5, 5.41) is 3.86. The Morgan fingerprint density at radius 3 is 2.81 bits per heavy atom. The van der Waals surface area contributed by atoms with Crippen molar-refractivity contribution in [3.8, 4) is 0 Å². The third kappa shape index (κ3) is 2.69. The topological polar surface area (TPSA) is 32.3 Å². The van der Waals surface area contributed by atoms with Crippen LogP contribution in [0.3, 0.4) is 0 Å². The Morgan fingerprint density at radius 1 is 1.48 bits per heavy atom. The predicted octanol–water partition coefficient (Wildman–Crippen LogP) is 2.93. The number of halogens is 1. The minimum absolute atomic E-state index is 0.143. The van der Waals surface area contributed by atoms with Crippen LogP contribution in [0.2, 0.25) is 0 Å². The zero-order valence-electron chi connectivity index (χ0n) is 12.4. The zero-order chi connectivity index (χ0) is 15.0. The average Bonchev–Trinajstić information content (AvgIpc) is 3.21. The van der Waals surface area contributed by atoms with Crippen LogP contribution in [0.1, 0.15) is 37.9 Å². The van der Waals surface area contributed by atoms with E-state index in [1.807, 2.05) is 11.0 Å². The van der Waals surface area contributed by atoms with Gasteiger partial charge in [-0.15, -0.1) is 0 Å². The van der Waals surface area contributed by atoms with Gasteiger partial charge in [-0.05, 0) is 31.6 Å². The number of carbonyl (C=O) groups is 1. The number of hydrogen-bond donors (Lipinski definition) is 1. The molecule has 0 radical (unpaired) electrons. The normalized spacial score (nSPS) is 24.6. The summed E-state index contributed by atoms with van der Waals surface area (Å²) in [5.74, 6) is -0.104. The molecule has 1 heterocycles. The van der Waals surface area contributed by atoms with Gasteiger partial charge in [0.2, 0.25) is 5.91 Å². The highest BCUT2D eigenvalue weighted by atomic mass is 32.2. The van der Waals surface area contributed by atoms with Crippen molar-refractivity contribution < 1.29 is 9.18 Å². The number of rotatable bonds is 5. The first-order chi connectivity index (χ1) is 10.1. The number of thioether (sulfide) groups is 1. The van der Waals surface area contributed by atoms with Crippen molar-refractivity contribution in [3.63, 3.8) is 0 Å². The highest BCUT2D eigenvalue weighted by Crippen LogP contribution is 2.46. The first-order valence-corrected chi connectivity index (χ1v) is 8.72. The standard InChI is InChI=1S/C16H21FN2OS/c1-11(21-2)7-10-19-14(12-5-3-4-6-13(12)17)18-16(8-9-16)15(19)20/h3-6,11,14,18H,7-10H2,1-2H3. The molecule has 1 aliphatic carbocycles. The molecule has 1 saturated heterocycles. The van der Waals surface area contributed by atoms with E-state index in [4.69, 9.17) is 0 Å². The molecule has 114 valence electrons. The number of nitrogens with zero attached hydrogens (tertiary/aromatic N) is 1. The van der Waals surface area contributed by atoms with E-state index in [0.717, 1.165) is 19.3 Å². The van der Waals surface area contributed by atoms with Crippen molar-refractivity contribution >= 4 is 17.7 Å². The monoisotopic (exact) mass is 308 g/mol. The first-order valence-electron chi connectivity index (χ1n) is 7.43. The maximum Gasteiger partial charge on any atom is 0.244 e. The number of carbonyl (C=O) groups excluding carboxylic acids is 1. The fraction of sp³-hybridized carbons (Fsp3) is 0.562. The second-order valence-corrected chi connectivity index (χ2v) is 7.26. The Bertz CT molecular complexity index is 547. The van der Waals surface area contributed by atoms with Crippen LogP contribution in [0.4, 0.5) is 4.39 Å². The fourth-order valence-corrected chi connectivity index (χ4v) is 3.23. The van der Waals surface area contributed by atoms with Gasteiger partial charge in [-0.25, -0.2) is 4.39 Å². The van der Waals surface area contributed by atoms with Gasteiger partial charge in [-0.1, -0.05) is 25.1 Å². The smallest absolute Gasteiger partial charge is 0.244 e. The van der Waals surface area contributed by atoms with Crippen molar-refractivity contribution in [1.29, 1.82) is 0 Å². The molecule has 21 heavy (non-hydrogen) atoms. The molecular weight excluding hydrogens is 287 g/mol. The lowest BCUT2D eigenvalue weighted by Gasteiger charge is -2.25. The van der Waals surface area contributed by atoms with Crippen molar-refractivity contribution in [2.45, 2.75) is 43.1 Å². The van der Waals surface area contributed by atoms with E-state index < -0.39 is 5.54 Å². The SMILES string of the molecule is CSC(C)CCN1C(=O)C2(CC2)NC1c1ccccc1F. The maximum atomic E-state index is 14.1. The second-order valence-electron chi connectivity index (χ2n) is 5.98. The van der Waals surface area contributed by atoms with Crippen molar-refractivity contribution in [2.75, 3.05) is 12.8 Å². The van der Waals surface area contributed by atoms with Gasteiger partial charge in [-0.3, -0.25) is 10.1 Å². The average molecular weight is 308 g/mol. The van der Waals surface area contributed by atoms with Crippen LogP contribution >= 0.6 is 11.8 Å². The van der Waals surface area contributed by atoms with Crippen LogP contribution < -0.4 is 5.32 Å². The quantitative estimate of drug-likeness (QED) is 0.908. The Balaban J connectivity index is 1.83. The van der Waals surface area contributed by atoms with Gasteiger partial charge in [0.1, 0.15) is 17.5 Å². The summed E-state index contributed by atoms with van der Waals surface area (Å²) in [4.78, 5) is 14.5. The van der Waals surface area contributed by atoms with Crippen molar-refractivity contribution in [2.24, 2.45) is 0 Å². The molecular formula is C16H21FN2OS. The summed E-state index contributed by atoms with van der Waals surface area (Å²) in [7, 11) is 0. The molecule has 0 bridgehead atoms. The molecule has 2 unspecified atom stereocenters. The molecule has 1 aliphatic heterocycles. The van der Waals surface area contributed by atoms with E-state index in [9.17, 15) is 9.18 Å². The predicted molar refractivity (Wildman–Crippen MR) is 83.5 cm³/mol. The van der Waals surface area contributed by atoms with Gasteiger partial charge in [0.25, 0.3) is 0 Å². The molecule has 1 spiro atoms. The summed E-state index contributed by atoms with van der Waals surface area (Å²) >= 11 is 1.79. The fourth-order valence-electron chi connectivity index (χ4n) is 2.89. The third-order valence-electron chi connectivity index (χ3n) is 4.52. The van der Waals surface area contributed by atoms with Crippen LogP contribution in [0.15, 0.2) is 24.3 Å². The van der Waals surface area contributed by atoms with Crippen LogP contribution in [0.5, 0.6) is 0 Å². The number of nitrogens with one attached hydrogen (secondary N) is 1. The second kappa shape index (κ2) is 5.61. The summed E-state index contributed by atoms with van der Waals surface area (Å²) in [5.41, 5.74) is 0.168. The molecule has 1 amide bonds. The van der Waals surface area contributed by atoms with E-state index in [0.29, 0.717) is 17.4 Å². The Morgan fingerprint density at radius 2 is 2.19 bits per heavy atom. The van der Waals surface area contributed by atoms with E-state index in [1.165, 1.54) is 6.07 Å². The largest absolute Gasteiger partial charge is 0.321 e. The molecule has 1 aromatic carbocycles. The van der Waals surface area contributed by atoms with Crippen molar-refractivity contribution in [1.82, 2.24) is 10.2 Å². The third-order valence-corrected chi connectivity index (χ3v) is 5.56. The molecule has 3 nitrogen and oxygen atoms in total. The van der Waals surface area contributed by atoms with Crippen LogP contribution in [0, 0.1) is 5.82 Å². The molecule has 3 rings (SSSR count). The van der Waals surface area contributed by atoms with E-state index in [-0.39, 0.29) is 17.9 Å². The van der Waals surface area contributed by atoms with E-state index >= 15 is 0 Å². The Labute approximate surface area is 129 Å². The lowest BCUT2D eigenvalue weighted by molar-refractivity contribution is -0.130. The molecule has 2 aliphatic rings. The zero-order valence-corrected chi connectivity index (χ0v) is 13.3. The van der Waals surface area contributed by atoms with Gasteiger partial charge in [0, 0.05) is 17.4 Å². The Hall–Kier alpha value is -1.07. The molecule has 0 aromatic heterocycles. The minimum atomic E-state index is -0.407. The molecule has 2 fully saturated rings. The van der Waals surface area contributed by atoms with Crippen LogP contribution in [-0.2, 0) is 4.79 Å². The summed E-state index contributed by atoms with van der Waals surface area (Å²) in [6.45, 7) is 2.83. The van der Waals surface area contributed by atoms with Gasteiger partial charge in [0.05, 0.1) is 0 Å². The lowest BCUT2D eigenvalue weighted by atomic mass is 10.1. The van der Waals surface area contributed by atoms with Gasteiger partial charge in [0.15, 0.2) is 0 Å². The number of hydrogen-bond acceptors (Lipinski definition) is 3. The molecule has 1 saturated carbocycles. The number of amides is 1. The van der Waals surface area contributed by atoms with Gasteiger partial charge >= 0.3 is 0 Å². The summed E-state index contributed by atoms with van der Waals surface area (Å²) in [6.07, 6.45) is 4.41. The van der Waals surface area contributed by atoms with E-state index in [1.54, 1.807) is 23.9 Å². The van der Waals surface area contributed by atoms with E-state index in [2.05, 4.69) is 18.5 Å². The summed E-state index contributed by atoms with van der Waals surface area (Å²) < 4.78 is 14.1. The highest BCUT2D eigenvalue weighted by molar-refractivity contribution is 7.99. The highest BCUT2D eigenvalue weighted by Gasteiger charge is 2.59. The first kappa shape index (κ1) is 14.9.